The van der Waals surface area contributed by atoms with Gasteiger partial charge in [0.2, 0.25) is 0 Å². The average Bonchev–Trinajstić information content (AvgIpc) is 2.40. The number of nitrogens with zero attached hydrogens (tertiary/aromatic N) is 1. The maximum atomic E-state index is 5.73. The molecule has 0 spiro atoms. The van der Waals surface area contributed by atoms with Crippen molar-refractivity contribution in [3.8, 4) is 11.5 Å². The van der Waals surface area contributed by atoms with Gasteiger partial charge in [0, 0.05) is 24.2 Å². The van der Waals surface area contributed by atoms with Gasteiger partial charge < -0.3 is 10.1 Å². The summed E-state index contributed by atoms with van der Waals surface area (Å²) in [5.74, 6) is 2.40. The molecule has 88 valence electrons. The first-order valence-electron chi connectivity index (χ1n) is 5.27. The quantitative estimate of drug-likeness (QED) is 0.835. The fourth-order valence-electron chi connectivity index (χ4n) is 1.39. The molecule has 0 fully saturated rings. The van der Waals surface area contributed by atoms with E-state index < -0.39 is 0 Å². The molecule has 0 saturated heterocycles. The van der Waals surface area contributed by atoms with Crippen molar-refractivity contribution in [3.63, 3.8) is 0 Å². The summed E-state index contributed by atoms with van der Waals surface area (Å²) in [6, 6.07) is 11.7. The van der Waals surface area contributed by atoms with Gasteiger partial charge >= 0.3 is 0 Å². The number of hydrogen-bond donors (Lipinski definition) is 1. The summed E-state index contributed by atoms with van der Waals surface area (Å²) in [6.45, 7) is 0. The fourth-order valence-corrected chi connectivity index (χ4v) is 1.80. The molecule has 1 aromatic heterocycles. The molecular weight excluding hydrogens is 232 g/mol. The summed E-state index contributed by atoms with van der Waals surface area (Å²) in [5.41, 5.74) is 0. The Morgan fingerprint density at radius 3 is 2.53 bits per heavy atom. The van der Waals surface area contributed by atoms with Crippen molar-refractivity contribution in [1.82, 2.24) is 4.98 Å². The second-order valence-corrected chi connectivity index (χ2v) is 4.28. The Bertz CT molecular complexity index is 485. The maximum Gasteiger partial charge on any atom is 0.132 e. The molecular formula is C13H14N2OS. The molecule has 2 rings (SSSR count). The van der Waals surface area contributed by atoms with Crippen LogP contribution in [0, 0.1) is 0 Å². The van der Waals surface area contributed by atoms with Crippen LogP contribution in [0.3, 0.4) is 0 Å². The number of pyridine rings is 1. The Labute approximate surface area is 105 Å². The van der Waals surface area contributed by atoms with Crippen LogP contribution in [0.25, 0.3) is 0 Å². The molecule has 0 bridgehead atoms. The SMILES string of the molecule is CNc1cc(Oc2ccc(SC)cc2)ccn1. The highest BCUT2D eigenvalue weighted by molar-refractivity contribution is 7.98. The first-order valence-corrected chi connectivity index (χ1v) is 6.50. The van der Waals surface area contributed by atoms with Crippen LogP contribution in [-0.4, -0.2) is 18.3 Å². The highest BCUT2D eigenvalue weighted by Gasteiger charge is 1.99. The van der Waals surface area contributed by atoms with Crippen molar-refractivity contribution in [2.24, 2.45) is 0 Å². The van der Waals surface area contributed by atoms with E-state index in [0.29, 0.717) is 0 Å². The molecule has 4 heteroatoms. The second kappa shape index (κ2) is 5.59. The summed E-state index contributed by atoms with van der Waals surface area (Å²) in [7, 11) is 1.83. The molecule has 0 aliphatic carbocycles. The van der Waals surface area contributed by atoms with E-state index in [4.69, 9.17) is 4.74 Å². The lowest BCUT2D eigenvalue weighted by molar-refractivity contribution is 0.482. The third-order valence-corrected chi connectivity index (χ3v) is 3.03. The maximum absolute atomic E-state index is 5.73. The second-order valence-electron chi connectivity index (χ2n) is 3.40. The Hall–Kier alpha value is -1.68. The minimum absolute atomic E-state index is 0.779. The normalized spacial score (nSPS) is 10.0. The van der Waals surface area contributed by atoms with Gasteiger partial charge in [0.1, 0.15) is 17.3 Å². The predicted molar refractivity (Wildman–Crippen MR) is 72.1 cm³/mol. The third-order valence-electron chi connectivity index (χ3n) is 2.28. The van der Waals surface area contributed by atoms with Gasteiger partial charge in [0.05, 0.1) is 0 Å². The molecule has 0 aliphatic rings. The number of anilines is 1. The number of thioether (sulfide) groups is 1. The summed E-state index contributed by atoms with van der Waals surface area (Å²) in [4.78, 5) is 5.36. The number of ether oxygens (including phenoxy) is 1. The molecule has 0 saturated carbocycles. The van der Waals surface area contributed by atoms with E-state index in [0.717, 1.165) is 17.3 Å². The van der Waals surface area contributed by atoms with Crippen molar-refractivity contribution in [3.05, 3.63) is 42.6 Å². The molecule has 0 unspecified atom stereocenters. The largest absolute Gasteiger partial charge is 0.457 e. The Kier molecular flexibility index (Phi) is 3.88. The van der Waals surface area contributed by atoms with Crippen LogP contribution >= 0.6 is 11.8 Å². The zero-order valence-corrected chi connectivity index (χ0v) is 10.6. The predicted octanol–water partition coefficient (Wildman–Crippen LogP) is 3.64. The van der Waals surface area contributed by atoms with Crippen LogP contribution in [0.15, 0.2) is 47.5 Å². The minimum Gasteiger partial charge on any atom is -0.457 e. The molecule has 2 aromatic rings. The van der Waals surface area contributed by atoms with Crippen molar-refractivity contribution < 1.29 is 4.74 Å². The average molecular weight is 246 g/mol. The summed E-state index contributed by atoms with van der Waals surface area (Å²) >= 11 is 1.71. The van der Waals surface area contributed by atoms with Crippen LogP contribution in [0.2, 0.25) is 0 Å². The van der Waals surface area contributed by atoms with Gasteiger partial charge in [-0.05, 0) is 36.6 Å². The van der Waals surface area contributed by atoms with E-state index in [9.17, 15) is 0 Å². The monoisotopic (exact) mass is 246 g/mol. The van der Waals surface area contributed by atoms with E-state index in [1.807, 2.05) is 43.4 Å². The van der Waals surface area contributed by atoms with Gasteiger partial charge in [-0.3, -0.25) is 0 Å². The lowest BCUT2D eigenvalue weighted by Gasteiger charge is -2.07. The van der Waals surface area contributed by atoms with Gasteiger partial charge in [-0.1, -0.05) is 0 Å². The van der Waals surface area contributed by atoms with Crippen LogP contribution in [-0.2, 0) is 0 Å². The fraction of sp³-hybridized carbons (Fsp3) is 0.154. The first kappa shape index (κ1) is 11.8. The van der Waals surface area contributed by atoms with E-state index in [1.165, 1.54) is 4.90 Å². The van der Waals surface area contributed by atoms with E-state index in [-0.39, 0.29) is 0 Å². The standard InChI is InChI=1S/C13H14N2OS/c1-14-13-9-11(7-8-15-13)16-10-3-5-12(17-2)6-4-10/h3-9H,1-2H3,(H,14,15). The zero-order chi connectivity index (χ0) is 12.1. The molecule has 0 atom stereocenters. The van der Waals surface area contributed by atoms with E-state index in [2.05, 4.69) is 16.6 Å². The van der Waals surface area contributed by atoms with Crippen molar-refractivity contribution in [2.75, 3.05) is 18.6 Å². The minimum atomic E-state index is 0.779. The lowest BCUT2D eigenvalue weighted by Crippen LogP contribution is -1.92. The van der Waals surface area contributed by atoms with Crippen molar-refractivity contribution >= 4 is 17.6 Å². The van der Waals surface area contributed by atoms with Crippen molar-refractivity contribution in [1.29, 1.82) is 0 Å². The Morgan fingerprint density at radius 2 is 1.88 bits per heavy atom. The van der Waals surface area contributed by atoms with Crippen LogP contribution in [0.1, 0.15) is 0 Å². The topological polar surface area (TPSA) is 34.1 Å². The van der Waals surface area contributed by atoms with Crippen LogP contribution in [0.4, 0.5) is 5.82 Å². The Morgan fingerprint density at radius 1 is 1.12 bits per heavy atom. The number of aromatic nitrogens is 1. The zero-order valence-electron chi connectivity index (χ0n) is 9.81. The van der Waals surface area contributed by atoms with Gasteiger partial charge in [0.15, 0.2) is 0 Å². The molecule has 0 amide bonds. The van der Waals surface area contributed by atoms with Crippen LogP contribution in [0.5, 0.6) is 11.5 Å². The molecule has 1 heterocycles. The molecule has 17 heavy (non-hydrogen) atoms. The number of hydrogen-bond acceptors (Lipinski definition) is 4. The molecule has 0 aliphatic heterocycles. The number of nitrogens with one attached hydrogen (secondary N) is 1. The van der Waals surface area contributed by atoms with Gasteiger partial charge in [-0.15, -0.1) is 11.8 Å². The summed E-state index contributed by atoms with van der Waals surface area (Å²) < 4.78 is 5.73. The number of rotatable bonds is 4. The van der Waals surface area contributed by atoms with Crippen molar-refractivity contribution in [2.45, 2.75) is 4.90 Å². The smallest absolute Gasteiger partial charge is 0.132 e. The lowest BCUT2D eigenvalue weighted by atomic mass is 10.3. The molecule has 0 radical (unpaired) electrons. The first-order chi connectivity index (χ1) is 8.31. The molecule has 1 aromatic carbocycles. The summed E-state index contributed by atoms with van der Waals surface area (Å²) in [5, 5.41) is 2.98. The Balaban J connectivity index is 2.13. The van der Waals surface area contributed by atoms with E-state index >= 15 is 0 Å². The van der Waals surface area contributed by atoms with Gasteiger partial charge in [-0.25, -0.2) is 4.98 Å². The summed E-state index contributed by atoms with van der Waals surface area (Å²) in [6.07, 6.45) is 3.77. The van der Waals surface area contributed by atoms with Gasteiger partial charge in [-0.2, -0.15) is 0 Å². The van der Waals surface area contributed by atoms with Gasteiger partial charge in [0.25, 0.3) is 0 Å². The molecule has 3 nitrogen and oxygen atoms in total. The highest BCUT2D eigenvalue weighted by atomic mass is 32.2. The highest BCUT2D eigenvalue weighted by Crippen LogP contribution is 2.25. The van der Waals surface area contributed by atoms with E-state index in [1.54, 1.807) is 18.0 Å². The van der Waals surface area contributed by atoms with Crippen LogP contribution < -0.4 is 10.1 Å². The third kappa shape index (κ3) is 3.14. The number of benzene rings is 1. The molecule has 1 N–H and O–H groups in total.